The van der Waals surface area contributed by atoms with Crippen LogP contribution < -0.4 is 10.1 Å². The summed E-state index contributed by atoms with van der Waals surface area (Å²) in [7, 11) is 0. The Labute approximate surface area is 157 Å². The van der Waals surface area contributed by atoms with Gasteiger partial charge in [-0.05, 0) is 49.6 Å². The number of hydrogen-bond acceptors (Lipinski definition) is 5. The fourth-order valence-corrected chi connectivity index (χ4v) is 3.21. The van der Waals surface area contributed by atoms with Crippen molar-refractivity contribution < 1.29 is 14.2 Å². The number of nitrogens with one attached hydrogen (secondary N) is 1. The lowest BCUT2D eigenvalue weighted by Crippen LogP contribution is -2.46. The largest absolute Gasteiger partial charge is 0.485 e. The summed E-state index contributed by atoms with van der Waals surface area (Å²) in [5.74, 6) is 1.21. The highest BCUT2D eigenvalue weighted by Gasteiger charge is 2.35. The summed E-state index contributed by atoms with van der Waals surface area (Å²) in [6, 6.07) is 10.3. The van der Waals surface area contributed by atoms with Crippen molar-refractivity contribution in [3.05, 3.63) is 59.5 Å². The minimum atomic E-state index is -0.615. The first-order chi connectivity index (χ1) is 12.9. The molecule has 2 N–H and O–H groups in total. The number of hydrogen-bond donors (Lipinski definition) is 2. The number of aliphatic hydroxyl groups excluding tert-OH is 1. The molecule has 0 unspecified atom stereocenters. The van der Waals surface area contributed by atoms with Gasteiger partial charge in [0.25, 0.3) is 0 Å². The number of fused-ring (bicyclic) bond motifs is 2. The van der Waals surface area contributed by atoms with E-state index in [1.54, 1.807) is 18.3 Å². The van der Waals surface area contributed by atoms with Gasteiger partial charge in [-0.15, -0.1) is 0 Å². The summed E-state index contributed by atoms with van der Waals surface area (Å²) in [5, 5.41) is 13.5. The minimum Gasteiger partial charge on any atom is -0.485 e. The second kappa shape index (κ2) is 6.78. The number of aliphatic hydroxyl groups is 1. The van der Waals surface area contributed by atoms with Gasteiger partial charge in [-0.25, -0.2) is 9.37 Å². The van der Waals surface area contributed by atoms with E-state index >= 15 is 0 Å². The lowest BCUT2D eigenvalue weighted by molar-refractivity contribution is -0.0410. The number of rotatable bonds is 4. The van der Waals surface area contributed by atoms with Gasteiger partial charge in [0, 0.05) is 19.0 Å². The molecule has 140 valence electrons. The predicted molar refractivity (Wildman–Crippen MR) is 103 cm³/mol. The monoisotopic (exact) mass is 367 g/mol. The maximum Gasteiger partial charge on any atom is 0.145 e. The molecule has 0 saturated carbocycles. The normalized spacial score (nSPS) is 18.0. The van der Waals surface area contributed by atoms with Gasteiger partial charge in [-0.2, -0.15) is 0 Å². The van der Waals surface area contributed by atoms with Crippen molar-refractivity contribution in [3.63, 3.8) is 0 Å². The molecule has 2 heterocycles. The molecule has 1 aliphatic rings. The molecule has 0 amide bonds. The smallest absolute Gasteiger partial charge is 0.145 e. The van der Waals surface area contributed by atoms with Crippen molar-refractivity contribution in [3.8, 4) is 5.75 Å². The molecular weight excluding hydrogens is 345 g/mol. The summed E-state index contributed by atoms with van der Waals surface area (Å²) in [4.78, 5) is 9.10. The summed E-state index contributed by atoms with van der Waals surface area (Å²) in [5.41, 5.74) is 2.89. The van der Waals surface area contributed by atoms with Gasteiger partial charge >= 0.3 is 0 Å². The van der Waals surface area contributed by atoms with Crippen LogP contribution in [0.15, 0.2) is 42.6 Å². The Balaban J connectivity index is 1.50. The van der Waals surface area contributed by atoms with E-state index in [-0.39, 0.29) is 5.82 Å². The number of benzene rings is 2. The Hall–Kier alpha value is -2.73. The lowest BCUT2D eigenvalue weighted by atomic mass is 9.91. The van der Waals surface area contributed by atoms with Crippen molar-refractivity contribution in [2.75, 3.05) is 11.9 Å². The number of nitrogens with zero attached hydrogens (tertiary/aromatic N) is 2. The molecule has 5 nitrogen and oxygen atoms in total. The highest BCUT2D eigenvalue weighted by molar-refractivity contribution is 5.79. The van der Waals surface area contributed by atoms with Gasteiger partial charge in [0.05, 0.1) is 23.3 Å². The first-order valence-electron chi connectivity index (χ1n) is 9.06. The first kappa shape index (κ1) is 17.7. The zero-order valence-electron chi connectivity index (χ0n) is 15.4. The van der Waals surface area contributed by atoms with Crippen LogP contribution in [0.25, 0.3) is 11.0 Å². The van der Waals surface area contributed by atoms with Crippen molar-refractivity contribution in [2.45, 2.75) is 38.4 Å². The Morgan fingerprint density at radius 3 is 2.78 bits per heavy atom. The third kappa shape index (κ3) is 3.71. The summed E-state index contributed by atoms with van der Waals surface area (Å²) in [6.45, 7) is 4.43. The standard InChI is InChI=1S/C21H22FN3O2/c1-21(2)19(26)10-14-9-17-16(11-18(14)27-21)24-12-20(25-17)23-8-7-13-3-5-15(22)6-4-13/h3-6,9,11-12,19,26H,7-8,10H2,1-2H3,(H,23,25)/t19-/m1/s1. The zero-order chi connectivity index (χ0) is 19.0. The number of halogens is 1. The van der Waals surface area contributed by atoms with Gasteiger partial charge in [-0.1, -0.05) is 12.1 Å². The predicted octanol–water partition coefficient (Wildman–Crippen LogP) is 3.50. The van der Waals surface area contributed by atoms with Crippen molar-refractivity contribution in [1.29, 1.82) is 0 Å². The number of anilines is 1. The third-order valence-corrected chi connectivity index (χ3v) is 4.95. The second-order valence-electron chi connectivity index (χ2n) is 7.43. The van der Waals surface area contributed by atoms with Crippen LogP contribution in [0, 0.1) is 5.82 Å². The van der Waals surface area contributed by atoms with Crippen molar-refractivity contribution >= 4 is 16.9 Å². The topological polar surface area (TPSA) is 67.3 Å². The van der Waals surface area contributed by atoms with Crippen LogP contribution in [-0.4, -0.2) is 33.3 Å². The average Bonchev–Trinajstić information content (AvgIpc) is 2.63. The molecule has 0 spiro atoms. The van der Waals surface area contributed by atoms with Gasteiger partial charge in [0.1, 0.15) is 23.0 Å². The molecular formula is C21H22FN3O2. The molecule has 1 atom stereocenters. The fraction of sp³-hybridized carbons (Fsp3) is 0.333. The Kier molecular flexibility index (Phi) is 4.44. The van der Waals surface area contributed by atoms with Crippen LogP contribution in [0.3, 0.4) is 0 Å². The van der Waals surface area contributed by atoms with E-state index in [2.05, 4.69) is 15.3 Å². The van der Waals surface area contributed by atoms with Gasteiger partial charge in [0.15, 0.2) is 0 Å². The van der Waals surface area contributed by atoms with Crippen molar-refractivity contribution in [1.82, 2.24) is 9.97 Å². The Morgan fingerprint density at radius 1 is 1.22 bits per heavy atom. The Bertz CT molecular complexity index is 973. The zero-order valence-corrected chi connectivity index (χ0v) is 15.4. The van der Waals surface area contributed by atoms with Crippen LogP contribution in [0.5, 0.6) is 5.75 Å². The Morgan fingerprint density at radius 2 is 2.00 bits per heavy atom. The van der Waals surface area contributed by atoms with Crippen LogP contribution in [0.4, 0.5) is 10.2 Å². The van der Waals surface area contributed by atoms with E-state index in [0.717, 1.165) is 34.3 Å². The van der Waals surface area contributed by atoms with E-state index in [1.165, 1.54) is 12.1 Å². The van der Waals surface area contributed by atoms with Gasteiger partial charge < -0.3 is 15.2 Å². The fourth-order valence-electron chi connectivity index (χ4n) is 3.21. The highest BCUT2D eigenvalue weighted by atomic mass is 19.1. The molecule has 1 aromatic heterocycles. The molecule has 27 heavy (non-hydrogen) atoms. The molecule has 0 bridgehead atoms. The van der Waals surface area contributed by atoms with Crippen LogP contribution in [0.1, 0.15) is 25.0 Å². The van der Waals surface area contributed by atoms with E-state index in [1.807, 2.05) is 26.0 Å². The summed E-state index contributed by atoms with van der Waals surface area (Å²) >= 11 is 0. The maximum absolute atomic E-state index is 13.0. The molecule has 1 aliphatic heterocycles. The summed E-state index contributed by atoms with van der Waals surface area (Å²) in [6.07, 6.45) is 2.43. The van der Waals surface area contributed by atoms with E-state index in [4.69, 9.17) is 4.74 Å². The highest BCUT2D eigenvalue weighted by Crippen LogP contribution is 2.35. The quantitative estimate of drug-likeness (QED) is 0.739. The van der Waals surface area contributed by atoms with E-state index < -0.39 is 11.7 Å². The van der Waals surface area contributed by atoms with Crippen LogP contribution >= 0.6 is 0 Å². The maximum atomic E-state index is 13.0. The molecule has 6 heteroatoms. The molecule has 0 saturated heterocycles. The molecule has 0 aliphatic carbocycles. The van der Waals surface area contributed by atoms with Crippen molar-refractivity contribution in [2.24, 2.45) is 0 Å². The van der Waals surface area contributed by atoms with Gasteiger partial charge in [0.2, 0.25) is 0 Å². The third-order valence-electron chi connectivity index (χ3n) is 4.95. The molecule has 4 rings (SSSR count). The van der Waals surface area contributed by atoms with Crippen LogP contribution in [0.2, 0.25) is 0 Å². The molecule has 0 radical (unpaired) electrons. The minimum absolute atomic E-state index is 0.229. The van der Waals surface area contributed by atoms with E-state index in [0.29, 0.717) is 18.8 Å². The first-order valence-corrected chi connectivity index (χ1v) is 9.06. The average molecular weight is 367 g/mol. The van der Waals surface area contributed by atoms with E-state index in [9.17, 15) is 9.50 Å². The number of ether oxygens (including phenoxy) is 1. The molecule has 0 fully saturated rings. The molecule has 2 aromatic carbocycles. The van der Waals surface area contributed by atoms with Gasteiger partial charge in [-0.3, -0.25) is 4.98 Å². The lowest BCUT2D eigenvalue weighted by Gasteiger charge is -2.37. The number of aromatic nitrogens is 2. The summed E-state index contributed by atoms with van der Waals surface area (Å²) < 4.78 is 18.9. The SMILES string of the molecule is CC1(C)Oc2cc3ncc(NCCc4ccc(F)cc4)nc3cc2C[C@H]1O. The second-order valence-corrected chi connectivity index (χ2v) is 7.43. The van der Waals surface area contributed by atoms with Crippen LogP contribution in [-0.2, 0) is 12.8 Å². The molecule has 3 aromatic rings.